The first kappa shape index (κ1) is 27.7. The SMILES string of the molecule is COc1ccc(/C=C/C(=O)c2ccc(OCc3cn(CCNc4ccnc5cc(Cl)ccc45)nn3)cc2)cc1OC. The number of aromatic nitrogens is 4. The standard InChI is InChI=1S/C31H28ClN5O4/c1-39-30-12-4-21(17-31(30)40-2)3-11-29(38)22-5-8-25(9-6-22)41-20-24-19-37(36-35-24)16-15-34-27-13-14-33-28-18-23(32)7-10-26(27)28/h3-14,17-19H,15-16,20H2,1-2H3,(H,33,34)/b11-3+. The fourth-order valence-corrected chi connectivity index (χ4v) is 4.36. The largest absolute Gasteiger partial charge is 0.493 e. The van der Waals surface area contributed by atoms with Gasteiger partial charge in [0.15, 0.2) is 17.3 Å². The minimum Gasteiger partial charge on any atom is -0.493 e. The average Bonchev–Trinajstić information content (AvgIpc) is 3.46. The highest BCUT2D eigenvalue weighted by atomic mass is 35.5. The summed E-state index contributed by atoms with van der Waals surface area (Å²) in [5, 5.41) is 13.5. The predicted molar refractivity (Wildman–Crippen MR) is 159 cm³/mol. The molecule has 2 aromatic heterocycles. The number of rotatable bonds is 12. The van der Waals surface area contributed by atoms with Crippen LogP contribution in [0.4, 0.5) is 5.69 Å². The van der Waals surface area contributed by atoms with E-state index in [0.717, 1.165) is 22.2 Å². The van der Waals surface area contributed by atoms with Crippen molar-refractivity contribution in [2.45, 2.75) is 13.2 Å². The van der Waals surface area contributed by atoms with Gasteiger partial charge in [-0.15, -0.1) is 5.10 Å². The summed E-state index contributed by atoms with van der Waals surface area (Å²) >= 11 is 6.08. The summed E-state index contributed by atoms with van der Waals surface area (Å²) in [5.74, 6) is 1.75. The Kier molecular flexibility index (Phi) is 8.76. The molecule has 9 nitrogen and oxygen atoms in total. The van der Waals surface area contributed by atoms with Crippen LogP contribution >= 0.6 is 11.6 Å². The van der Waals surface area contributed by atoms with E-state index in [9.17, 15) is 4.79 Å². The third kappa shape index (κ3) is 7.01. The van der Waals surface area contributed by atoms with E-state index in [-0.39, 0.29) is 12.4 Å². The summed E-state index contributed by atoms with van der Waals surface area (Å²) in [6.07, 6.45) is 6.87. The lowest BCUT2D eigenvalue weighted by molar-refractivity contribution is 0.104. The Morgan fingerprint density at radius 2 is 1.83 bits per heavy atom. The molecule has 0 unspecified atom stereocenters. The van der Waals surface area contributed by atoms with Crippen LogP contribution in [0.15, 0.2) is 85.2 Å². The lowest BCUT2D eigenvalue weighted by Crippen LogP contribution is -2.11. The maximum absolute atomic E-state index is 12.6. The summed E-state index contributed by atoms with van der Waals surface area (Å²) in [4.78, 5) is 17.0. The summed E-state index contributed by atoms with van der Waals surface area (Å²) < 4.78 is 18.2. The van der Waals surface area contributed by atoms with Crippen molar-refractivity contribution < 1.29 is 19.0 Å². The van der Waals surface area contributed by atoms with E-state index in [1.165, 1.54) is 6.08 Å². The maximum Gasteiger partial charge on any atom is 0.185 e. The molecule has 208 valence electrons. The molecule has 0 amide bonds. The first-order valence-corrected chi connectivity index (χ1v) is 13.2. The van der Waals surface area contributed by atoms with E-state index in [1.54, 1.807) is 61.5 Å². The smallest absolute Gasteiger partial charge is 0.185 e. The number of ether oxygens (including phenoxy) is 3. The number of pyridine rings is 1. The van der Waals surface area contributed by atoms with Gasteiger partial charge in [-0.05, 0) is 72.3 Å². The molecule has 0 aliphatic heterocycles. The topological polar surface area (TPSA) is 100 Å². The number of allylic oxidation sites excluding steroid dienone is 1. The number of methoxy groups -OCH3 is 2. The molecule has 2 heterocycles. The number of nitrogens with zero attached hydrogens (tertiary/aromatic N) is 4. The molecule has 0 aliphatic rings. The van der Waals surface area contributed by atoms with Crippen LogP contribution < -0.4 is 19.5 Å². The second-order valence-electron chi connectivity index (χ2n) is 9.04. The lowest BCUT2D eigenvalue weighted by atomic mass is 10.1. The summed E-state index contributed by atoms with van der Waals surface area (Å²) in [7, 11) is 3.15. The molecule has 0 radical (unpaired) electrons. The first-order valence-electron chi connectivity index (χ1n) is 12.9. The van der Waals surface area contributed by atoms with Gasteiger partial charge in [-0.2, -0.15) is 0 Å². The van der Waals surface area contributed by atoms with E-state index < -0.39 is 0 Å². The molecule has 0 spiro atoms. The van der Waals surface area contributed by atoms with Crippen molar-refractivity contribution in [2.24, 2.45) is 0 Å². The van der Waals surface area contributed by atoms with Gasteiger partial charge >= 0.3 is 0 Å². The zero-order chi connectivity index (χ0) is 28.6. The van der Waals surface area contributed by atoms with Gasteiger partial charge in [0.25, 0.3) is 0 Å². The lowest BCUT2D eigenvalue weighted by Gasteiger charge is -2.09. The van der Waals surface area contributed by atoms with Crippen LogP contribution in [0.3, 0.4) is 0 Å². The Hall–Kier alpha value is -4.89. The molecule has 0 saturated heterocycles. The number of nitrogens with one attached hydrogen (secondary N) is 1. The zero-order valence-electron chi connectivity index (χ0n) is 22.6. The van der Waals surface area contributed by atoms with E-state index in [1.807, 2.05) is 42.6 Å². The minimum absolute atomic E-state index is 0.119. The van der Waals surface area contributed by atoms with Crippen LogP contribution in [-0.4, -0.2) is 46.5 Å². The van der Waals surface area contributed by atoms with E-state index >= 15 is 0 Å². The molecular weight excluding hydrogens is 542 g/mol. The van der Waals surface area contributed by atoms with Gasteiger partial charge in [-0.1, -0.05) is 29.0 Å². The van der Waals surface area contributed by atoms with Gasteiger partial charge in [0.2, 0.25) is 0 Å². The van der Waals surface area contributed by atoms with E-state index in [2.05, 4.69) is 20.6 Å². The molecule has 0 atom stereocenters. The van der Waals surface area contributed by atoms with Gasteiger partial charge < -0.3 is 19.5 Å². The second kappa shape index (κ2) is 13.0. The van der Waals surface area contributed by atoms with Crippen molar-refractivity contribution in [1.82, 2.24) is 20.0 Å². The van der Waals surface area contributed by atoms with Gasteiger partial charge in [0, 0.05) is 34.4 Å². The van der Waals surface area contributed by atoms with Crippen LogP contribution in [0.5, 0.6) is 17.2 Å². The van der Waals surface area contributed by atoms with Gasteiger partial charge in [-0.25, -0.2) is 0 Å². The van der Waals surface area contributed by atoms with Crippen molar-refractivity contribution in [3.8, 4) is 17.2 Å². The second-order valence-corrected chi connectivity index (χ2v) is 9.48. The molecule has 1 N–H and O–H groups in total. The van der Waals surface area contributed by atoms with E-state index in [0.29, 0.717) is 46.6 Å². The summed E-state index contributed by atoms with van der Waals surface area (Å²) in [6.45, 7) is 1.54. The Morgan fingerprint density at radius 1 is 1.00 bits per heavy atom. The molecule has 0 aliphatic carbocycles. The van der Waals surface area contributed by atoms with Gasteiger partial charge in [-0.3, -0.25) is 14.5 Å². The molecule has 5 rings (SSSR count). The highest BCUT2D eigenvalue weighted by Crippen LogP contribution is 2.28. The predicted octanol–water partition coefficient (Wildman–Crippen LogP) is 6.08. The normalized spacial score (nSPS) is 11.1. The quantitative estimate of drug-likeness (QED) is 0.142. The molecule has 0 bridgehead atoms. The summed E-state index contributed by atoms with van der Waals surface area (Å²) in [5.41, 5.74) is 3.90. The van der Waals surface area contributed by atoms with Crippen LogP contribution in [0.1, 0.15) is 21.6 Å². The number of hydrogen-bond acceptors (Lipinski definition) is 8. The van der Waals surface area contributed by atoms with Crippen LogP contribution in [0, 0.1) is 0 Å². The minimum atomic E-state index is -0.119. The molecule has 10 heteroatoms. The number of fused-ring (bicyclic) bond motifs is 1. The van der Waals surface area contributed by atoms with Gasteiger partial charge in [0.05, 0.1) is 32.5 Å². The zero-order valence-corrected chi connectivity index (χ0v) is 23.3. The molecule has 41 heavy (non-hydrogen) atoms. The number of hydrogen-bond donors (Lipinski definition) is 1. The molecule has 0 saturated carbocycles. The average molecular weight is 570 g/mol. The Balaban J connectivity index is 1.10. The maximum atomic E-state index is 12.6. The molecule has 3 aromatic carbocycles. The highest BCUT2D eigenvalue weighted by Gasteiger charge is 2.07. The highest BCUT2D eigenvalue weighted by molar-refractivity contribution is 6.31. The van der Waals surface area contributed by atoms with Crippen molar-refractivity contribution in [2.75, 3.05) is 26.1 Å². The van der Waals surface area contributed by atoms with E-state index in [4.69, 9.17) is 25.8 Å². The molecule has 0 fully saturated rings. The molecule has 5 aromatic rings. The number of anilines is 1. The van der Waals surface area contributed by atoms with Crippen LogP contribution in [0.2, 0.25) is 5.02 Å². The monoisotopic (exact) mass is 569 g/mol. The summed E-state index contributed by atoms with van der Waals surface area (Å²) in [6, 6.07) is 20.0. The number of carbonyl (C=O) groups excluding carboxylic acids is 1. The van der Waals surface area contributed by atoms with Crippen molar-refractivity contribution in [3.05, 3.63) is 107 Å². The fourth-order valence-electron chi connectivity index (χ4n) is 4.19. The number of halogens is 1. The Bertz CT molecular complexity index is 1680. The van der Waals surface area contributed by atoms with Crippen molar-refractivity contribution in [1.29, 1.82) is 0 Å². The van der Waals surface area contributed by atoms with Crippen LogP contribution in [0.25, 0.3) is 17.0 Å². The molecular formula is C31H28ClN5O4. The first-order chi connectivity index (χ1) is 20.0. The number of ketones is 1. The third-order valence-corrected chi connectivity index (χ3v) is 6.54. The van der Waals surface area contributed by atoms with Crippen molar-refractivity contribution >= 4 is 40.1 Å². The number of carbonyl (C=O) groups is 1. The Labute approximate surface area is 242 Å². The Morgan fingerprint density at radius 3 is 2.63 bits per heavy atom. The van der Waals surface area contributed by atoms with Crippen molar-refractivity contribution in [3.63, 3.8) is 0 Å². The third-order valence-electron chi connectivity index (χ3n) is 6.31. The van der Waals surface area contributed by atoms with Gasteiger partial charge in [0.1, 0.15) is 18.1 Å². The van der Waals surface area contributed by atoms with Crippen LogP contribution in [-0.2, 0) is 13.2 Å². The fraction of sp³-hybridized carbons (Fsp3) is 0.161. The number of benzene rings is 3.